The summed E-state index contributed by atoms with van der Waals surface area (Å²) in [7, 11) is 0. The molecule has 0 radical (unpaired) electrons. The lowest BCUT2D eigenvalue weighted by molar-refractivity contribution is 1.25. The summed E-state index contributed by atoms with van der Waals surface area (Å²) in [6.45, 7) is 1.97. The Bertz CT molecular complexity index is 442. The third kappa shape index (κ3) is 1.80. The Hall–Kier alpha value is -1.29. The largest absolute Gasteiger partial charge is 0.399 e. The average Bonchev–Trinajstić information content (AvgIpc) is 2.50. The van der Waals surface area contributed by atoms with Gasteiger partial charge in [0.25, 0.3) is 0 Å². The Morgan fingerprint density at radius 3 is 2.71 bits per heavy atom. The van der Waals surface area contributed by atoms with E-state index < -0.39 is 0 Å². The lowest BCUT2D eigenvalue weighted by Crippen LogP contribution is -1.87. The van der Waals surface area contributed by atoms with Crippen molar-refractivity contribution in [2.45, 2.75) is 6.92 Å². The number of imidazole rings is 1. The highest BCUT2D eigenvalue weighted by atomic mass is 79.9. The molecule has 0 aliphatic carbocycles. The fourth-order valence-corrected chi connectivity index (χ4v) is 1.82. The fraction of sp³-hybridized carbons (Fsp3) is 0.100. The number of rotatable bonds is 1. The van der Waals surface area contributed by atoms with Crippen molar-refractivity contribution >= 4 is 21.6 Å². The van der Waals surface area contributed by atoms with Crippen LogP contribution >= 0.6 is 15.9 Å². The summed E-state index contributed by atoms with van der Waals surface area (Å²) >= 11 is 3.40. The zero-order valence-corrected chi connectivity index (χ0v) is 9.30. The molecule has 0 bridgehead atoms. The van der Waals surface area contributed by atoms with Gasteiger partial charge in [-0.25, -0.2) is 4.98 Å². The second-order valence-corrected chi connectivity index (χ2v) is 4.10. The summed E-state index contributed by atoms with van der Waals surface area (Å²) in [4.78, 5) is 7.40. The molecule has 0 amide bonds. The molecule has 2 aromatic rings. The number of nitrogen functional groups attached to an aromatic ring is 1. The number of aromatic nitrogens is 2. The van der Waals surface area contributed by atoms with E-state index in [1.54, 1.807) is 6.20 Å². The monoisotopic (exact) mass is 251 g/mol. The van der Waals surface area contributed by atoms with Crippen molar-refractivity contribution in [1.82, 2.24) is 9.97 Å². The van der Waals surface area contributed by atoms with Gasteiger partial charge >= 0.3 is 0 Å². The van der Waals surface area contributed by atoms with Crippen LogP contribution in [0.4, 0.5) is 5.69 Å². The molecule has 14 heavy (non-hydrogen) atoms. The molecule has 2 rings (SSSR count). The van der Waals surface area contributed by atoms with Crippen LogP contribution in [0.25, 0.3) is 11.4 Å². The lowest BCUT2D eigenvalue weighted by Gasteiger charge is -2.00. The van der Waals surface area contributed by atoms with Crippen molar-refractivity contribution in [2.24, 2.45) is 0 Å². The van der Waals surface area contributed by atoms with Gasteiger partial charge in [0.05, 0.1) is 0 Å². The van der Waals surface area contributed by atoms with E-state index in [0.29, 0.717) is 0 Å². The van der Waals surface area contributed by atoms with Gasteiger partial charge in [-0.3, -0.25) is 0 Å². The second kappa shape index (κ2) is 3.46. The van der Waals surface area contributed by atoms with Crippen LogP contribution < -0.4 is 5.73 Å². The Balaban J connectivity index is 2.51. The quantitative estimate of drug-likeness (QED) is 0.766. The van der Waals surface area contributed by atoms with Crippen LogP contribution in [0.1, 0.15) is 5.69 Å². The van der Waals surface area contributed by atoms with Crippen molar-refractivity contribution in [3.8, 4) is 11.4 Å². The third-order valence-electron chi connectivity index (χ3n) is 1.90. The standard InChI is InChI=1S/C10H10BrN3/c1-6-5-13-10(14-6)7-2-8(11)4-9(12)3-7/h2-5H,12H2,1H3,(H,13,14). The normalized spacial score (nSPS) is 10.4. The van der Waals surface area contributed by atoms with E-state index in [2.05, 4.69) is 25.9 Å². The maximum Gasteiger partial charge on any atom is 0.137 e. The van der Waals surface area contributed by atoms with Gasteiger partial charge in [-0.05, 0) is 25.1 Å². The Kier molecular flexibility index (Phi) is 2.29. The number of nitrogens with one attached hydrogen (secondary N) is 1. The number of hydrogen-bond acceptors (Lipinski definition) is 2. The molecule has 0 aliphatic heterocycles. The summed E-state index contributed by atoms with van der Waals surface area (Å²) in [5.74, 6) is 0.843. The molecule has 1 aromatic carbocycles. The number of aryl methyl sites for hydroxylation is 1. The highest BCUT2D eigenvalue weighted by molar-refractivity contribution is 9.10. The first kappa shape index (κ1) is 9.27. The van der Waals surface area contributed by atoms with Crippen LogP contribution in [0.5, 0.6) is 0 Å². The van der Waals surface area contributed by atoms with E-state index in [1.807, 2.05) is 25.1 Å². The molecule has 0 fully saturated rings. The van der Waals surface area contributed by atoms with Crippen LogP contribution in [0, 0.1) is 6.92 Å². The molecule has 0 aliphatic rings. The Morgan fingerprint density at radius 2 is 2.14 bits per heavy atom. The molecule has 3 N–H and O–H groups in total. The van der Waals surface area contributed by atoms with Gasteiger partial charge in [0, 0.05) is 27.6 Å². The number of nitrogens with zero attached hydrogens (tertiary/aromatic N) is 1. The number of H-pyrrole nitrogens is 1. The average molecular weight is 252 g/mol. The van der Waals surface area contributed by atoms with Gasteiger partial charge in [-0.1, -0.05) is 15.9 Å². The summed E-state index contributed by atoms with van der Waals surface area (Å²) in [6.07, 6.45) is 1.80. The molecule has 0 spiro atoms. The SMILES string of the molecule is Cc1cnc(-c2cc(N)cc(Br)c2)[nH]1. The van der Waals surface area contributed by atoms with Crippen molar-refractivity contribution in [2.75, 3.05) is 5.73 Å². The third-order valence-corrected chi connectivity index (χ3v) is 2.35. The number of hydrogen-bond donors (Lipinski definition) is 2. The van der Waals surface area contributed by atoms with Crippen molar-refractivity contribution in [3.63, 3.8) is 0 Å². The minimum Gasteiger partial charge on any atom is -0.399 e. The maximum absolute atomic E-state index is 5.73. The highest BCUT2D eigenvalue weighted by Gasteiger charge is 2.03. The van der Waals surface area contributed by atoms with Crippen LogP contribution in [-0.2, 0) is 0 Å². The van der Waals surface area contributed by atoms with E-state index in [0.717, 1.165) is 27.2 Å². The van der Waals surface area contributed by atoms with Crippen LogP contribution in [0.3, 0.4) is 0 Å². The second-order valence-electron chi connectivity index (χ2n) is 3.19. The van der Waals surface area contributed by atoms with Gasteiger partial charge in [0.15, 0.2) is 0 Å². The number of halogens is 1. The number of nitrogens with two attached hydrogens (primary N) is 1. The van der Waals surface area contributed by atoms with E-state index >= 15 is 0 Å². The van der Waals surface area contributed by atoms with Gasteiger partial charge in [0.1, 0.15) is 5.82 Å². The smallest absolute Gasteiger partial charge is 0.137 e. The molecule has 1 aromatic heterocycles. The van der Waals surface area contributed by atoms with Crippen LogP contribution in [0.15, 0.2) is 28.9 Å². The molecule has 0 unspecified atom stereocenters. The van der Waals surface area contributed by atoms with Gasteiger partial charge < -0.3 is 10.7 Å². The molecule has 72 valence electrons. The summed E-state index contributed by atoms with van der Waals surface area (Å²) in [5.41, 5.74) is 8.49. The Labute approximate surface area is 90.5 Å². The molecule has 0 saturated carbocycles. The molecule has 3 nitrogen and oxygen atoms in total. The Morgan fingerprint density at radius 1 is 1.36 bits per heavy atom. The minimum absolute atomic E-state index is 0.725. The van der Waals surface area contributed by atoms with E-state index in [1.165, 1.54) is 0 Å². The molecule has 0 saturated heterocycles. The molecule has 0 atom stereocenters. The van der Waals surface area contributed by atoms with Crippen molar-refractivity contribution in [1.29, 1.82) is 0 Å². The van der Waals surface area contributed by atoms with Crippen molar-refractivity contribution < 1.29 is 0 Å². The van der Waals surface area contributed by atoms with Crippen molar-refractivity contribution in [3.05, 3.63) is 34.6 Å². The maximum atomic E-state index is 5.73. The zero-order valence-electron chi connectivity index (χ0n) is 7.71. The summed E-state index contributed by atoms with van der Waals surface area (Å²) < 4.78 is 0.960. The number of aromatic amines is 1. The summed E-state index contributed by atoms with van der Waals surface area (Å²) in [6, 6.07) is 5.73. The predicted octanol–water partition coefficient (Wildman–Crippen LogP) is 2.73. The molecular weight excluding hydrogens is 242 g/mol. The van der Waals surface area contributed by atoms with Gasteiger partial charge in [-0.15, -0.1) is 0 Å². The molecular formula is C10H10BrN3. The highest BCUT2D eigenvalue weighted by Crippen LogP contribution is 2.23. The molecule has 4 heteroatoms. The van der Waals surface area contributed by atoms with Crippen LogP contribution in [-0.4, -0.2) is 9.97 Å². The van der Waals surface area contributed by atoms with Crippen LogP contribution in [0.2, 0.25) is 0 Å². The number of benzene rings is 1. The topological polar surface area (TPSA) is 54.7 Å². The van der Waals surface area contributed by atoms with Gasteiger partial charge in [-0.2, -0.15) is 0 Å². The predicted molar refractivity (Wildman–Crippen MR) is 60.9 cm³/mol. The zero-order chi connectivity index (χ0) is 10.1. The fourth-order valence-electron chi connectivity index (χ4n) is 1.31. The van der Waals surface area contributed by atoms with E-state index in [9.17, 15) is 0 Å². The number of anilines is 1. The first-order chi connectivity index (χ1) is 6.65. The lowest BCUT2D eigenvalue weighted by atomic mass is 10.2. The first-order valence-corrected chi connectivity index (χ1v) is 5.02. The minimum atomic E-state index is 0.725. The molecule has 1 heterocycles. The first-order valence-electron chi connectivity index (χ1n) is 4.23. The van der Waals surface area contributed by atoms with Gasteiger partial charge in [0.2, 0.25) is 0 Å². The van der Waals surface area contributed by atoms with E-state index in [-0.39, 0.29) is 0 Å². The van der Waals surface area contributed by atoms with E-state index in [4.69, 9.17) is 5.73 Å². The summed E-state index contributed by atoms with van der Waals surface area (Å²) in [5, 5.41) is 0.